The summed E-state index contributed by atoms with van der Waals surface area (Å²) in [7, 11) is -3.56. The molecule has 0 saturated carbocycles. The van der Waals surface area contributed by atoms with Crippen LogP contribution in [0.5, 0.6) is 0 Å². The van der Waals surface area contributed by atoms with Crippen LogP contribution in [0.1, 0.15) is 12.0 Å². The summed E-state index contributed by atoms with van der Waals surface area (Å²) in [5.41, 5.74) is 1.17. The zero-order valence-corrected chi connectivity index (χ0v) is 10.1. The van der Waals surface area contributed by atoms with Crippen molar-refractivity contribution in [1.29, 1.82) is 0 Å². The third-order valence-corrected chi connectivity index (χ3v) is 4.10. The molecule has 92 valence electrons. The zero-order chi connectivity index (χ0) is 12.3. The Balaban J connectivity index is 1.86. The number of nitrogens with zero attached hydrogens (tertiary/aromatic N) is 1. The van der Waals surface area contributed by atoms with Crippen LogP contribution in [0.25, 0.3) is 0 Å². The molecule has 0 radical (unpaired) electrons. The van der Waals surface area contributed by atoms with Gasteiger partial charge in [-0.05, 0) is 18.4 Å². The lowest BCUT2D eigenvalue weighted by Crippen LogP contribution is -2.30. The molecule has 1 amide bonds. The standard InChI is InChI=1S/C11H14N2O3S/c14-11-9-13(17(15,16)12-11)8-4-7-10-5-2-1-3-6-10/h1-3,5-6H,4,7-9H2,(H,12,14). The largest absolute Gasteiger partial charge is 0.304 e. The van der Waals surface area contributed by atoms with Gasteiger partial charge in [0, 0.05) is 6.54 Å². The van der Waals surface area contributed by atoms with Crippen LogP contribution in [0.15, 0.2) is 30.3 Å². The van der Waals surface area contributed by atoms with Crippen molar-refractivity contribution in [2.45, 2.75) is 12.8 Å². The highest BCUT2D eigenvalue weighted by molar-refractivity contribution is 7.88. The van der Waals surface area contributed by atoms with Crippen LogP contribution in [0.4, 0.5) is 0 Å². The molecule has 1 saturated heterocycles. The van der Waals surface area contributed by atoms with Gasteiger partial charge in [0.2, 0.25) is 5.91 Å². The molecule has 0 bridgehead atoms. The fourth-order valence-electron chi connectivity index (χ4n) is 1.79. The predicted molar refractivity (Wildman–Crippen MR) is 63.4 cm³/mol. The van der Waals surface area contributed by atoms with Crippen molar-refractivity contribution >= 4 is 16.1 Å². The minimum Gasteiger partial charge on any atom is -0.272 e. The monoisotopic (exact) mass is 254 g/mol. The van der Waals surface area contributed by atoms with Gasteiger partial charge in [-0.15, -0.1) is 0 Å². The van der Waals surface area contributed by atoms with E-state index in [1.54, 1.807) is 0 Å². The number of hydrogen-bond acceptors (Lipinski definition) is 3. The molecule has 0 aromatic heterocycles. The van der Waals surface area contributed by atoms with Gasteiger partial charge in [-0.1, -0.05) is 30.3 Å². The van der Waals surface area contributed by atoms with Gasteiger partial charge in [0.1, 0.15) is 0 Å². The van der Waals surface area contributed by atoms with Crippen LogP contribution in [0.2, 0.25) is 0 Å². The predicted octanol–water partition coefficient (Wildman–Crippen LogP) is 0.296. The zero-order valence-electron chi connectivity index (χ0n) is 9.30. The summed E-state index contributed by atoms with van der Waals surface area (Å²) in [6.07, 6.45) is 1.51. The summed E-state index contributed by atoms with van der Waals surface area (Å²) in [5.74, 6) is -0.454. The number of hydrogen-bond donors (Lipinski definition) is 1. The second-order valence-corrected chi connectivity index (χ2v) is 5.62. The maximum absolute atomic E-state index is 11.4. The highest BCUT2D eigenvalue weighted by Crippen LogP contribution is 2.09. The van der Waals surface area contributed by atoms with E-state index in [1.165, 1.54) is 9.87 Å². The maximum Gasteiger partial charge on any atom is 0.304 e. The molecule has 0 atom stereocenters. The first kappa shape index (κ1) is 12.1. The van der Waals surface area contributed by atoms with E-state index in [1.807, 2.05) is 35.1 Å². The molecule has 1 aromatic carbocycles. The van der Waals surface area contributed by atoms with E-state index in [2.05, 4.69) is 0 Å². The highest BCUT2D eigenvalue weighted by atomic mass is 32.2. The van der Waals surface area contributed by atoms with E-state index >= 15 is 0 Å². The molecule has 1 N–H and O–H groups in total. The number of rotatable bonds is 4. The molecule has 0 spiro atoms. The van der Waals surface area contributed by atoms with Crippen LogP contribution in [0.3, 0.4) is 0 Å². The molecule has 1 fully saturated rings. The first-order valence-corrected chi connectivity index (χ1v) is 6.86. The van der Waals surface area contributed by atoms with E-state index < -0.39 is 16.1 Å². The molecule has 0 aliphatic carbocycles. The minimum atomic E-state index is -3.56. The van der Waals surface area contributed by atoms with Crippen molar-refractivity contribution < 1.29 is 13.2 Å². The number of aryl methyl sites for hydroxylation is 1. The normalized spacial score (nSPS) is 19.2. The average molecular weight is 254 g/mol. The second kappa shape index (κ2) is 4.85. The van der Waals surface area contributed by atoms with Crippen LogP contribution in [-0.2, 0) is 21.4 Å². The van der Waals surface area contributed by atoms with Gasteiger partial charge in [-0.3, -0.25) is 4.79 Å². The Kier molecular flexibility index (Phi) is 3.44. The van der Waals surface area contributed by atoms with Crippen molar-refractivity contribution in [2.24, 2.45) is 0 Å². The lowest BCUT2D eigenvalue weighted by molar-refractivity contribution is -0.118. The van der Waals surface area contributed by atoms with Crippen LogP contribution in [0, 0.1) is 0 Å². The van der Waals surface area contributed by atoms with E-state index in [-0.39, 0.29) is 6.54 Å². The van der Waals surface area contributed by atoms with Crippen molar-refractivity contribution in [2.75, 3.05) is 13.1 Å². The van der Waals surface area contributed by atoms with Gasteiger partial charge in [0.15, 0.2) is 0 Å². The average Bonchev–Trinajstić information content (AvgIpc) is 2.53. The first-order valence-electron chi connectivity index (χ1n) is 5.42. The molecular formula is C11H14N2O3S. The molecule has 0 unspecified atom stereocenters. The number of carbonyl (C=O) groups excluding carboxylic acids is 1. The molecule has 17 heavy (non-hydrogen) atoms. The Morgan fingerprint density at radius 2 is 1.94 bits per heavy atom. The number of amides is 1. The van der Waals surface area contributed by atoms with E-state index in [9.17, 15) is 13.2 Å². The summed E-state index contributed by atoms with van der Waals surface area (Å²) in [6.45, 7) is 0.313. The Morgan fingerprint density at radius 1 is 1.24 bits per heavy atom. The lowest BCUT2D eigenvalue weighted by Gasteiger charge is -2.11. The van der Waals surface area contributed by atoms with Gasteiger partial charge < -0.3 is 0 Å². The number of nitrogens with one attached hydrogen (secondary N) is 1. The summed E-state index contributed by atoms with van der Waals surface area (Å²) in [4.78, 5) is 11.0. The van der Waals surface area contributed by atoms with Crippen LogP contribution in [-0.4, -0.2) is 31.7 Å². The van der Waals surface area contributed by atoms with E-state index in [0.717, 1.165) is 6.42 Å². The Hall–Kier alpha value is -1.40. The van der Waals surface area contributed by atoms with Crippen LogP contribution < -0.4 is 4.72 Å². The SMILES string of the molecule is O=C1CN(CCCc2ccccc2)S(=O)(=O)N1. The third-order valence-electron chi connectivity index (χ3n) is 2.62. The van der Waals surface area contributed by atoms with Gasteiger partial charge in [0.05, 0.1) is 6.54 Å². The summed E-state index contributed by atoms with van der Waals surface area (Å²) in [5, 5.41) is 0. The molecule has 2 rings (SSSR count). The number of benzene rings is 1. The molecule has 1 heterocycles. The van der Waals surface area contributed by atoms with Crippen molar-refractivity contribution in [3.05, 3.63) is 35.9 Å². The summed E-state index contributed by atoms with van der Waals surface area (Å²) >= 11 is 0. The van der Waals surface area contributed by atoms with Gasteiger partial charge >= 0.3 is 10.2 Å². The molecule has 5 nitrogen and oxygen atoms in total. The van der Waals surface area contributed by atoms with Gasteiger partial charge in [0.25, 0.3) is 0 Å². The van der Waals surface area contributed by atoms with Crippen molar-refractivity contribution in [3.8, 4) is 0 Å². The minimum absolute atomic E-state index is 0.0584. The van der Waals surface area contributed by atoms with E-state index in [0.29, 0.717) is 13.0 Å². The van der Waals surface area contributed by atoms with Gasteiger partial charge in [-0.25, -0.2) is 4.72 Å². The molecule has 6 heteroatoms. The summed E-state index contributed by atoms with van der Waals surface area (Å²) < 4.78 is 25.9. The van der Waals surface area contributed by atoms with E-state index in [4.69, 9.17) is 0 Å². The fourth-order valence-corrected chi connectivity index (χ4v) is 2.93. The second-order valence-electron chi connectivity index (χ2n) is 3.95. The molecule has 1 aromatic rings. The van der Waals surface area contributed by atoms with Crippen molar-refractivity contribution in [1.82, 2.24) is 9.03 Å². The number of carbonyl (C=O) groups is 1. The lowest BCUT2D eigenvalue weighted by atomic mass is 10.1. The topological polar surface area (TPSA) is 66.5 Å². The Morgan fingerprint density at radius 3 is 2.53 bits per heavy atom. The Labute approximate surface area is 101 Å². The fraction of sp³-hybridized carbons (Fsp3) is 0.364. The highest BCUT2D eigenvalue weighted by Gasteiger charge is 2.32. The smallest absolute Gasteiger partial charge is 0.272 e. The molecule has 1 aliphatic rings. The molecule has 1 aliphatic heterocycles. The molecular weight excluding hydrogens is 240 g/mol. The Bertz CT molecular complexity index is 499. The van der Waals surface area contributed by atoms with Gasteiger partial charge in [-0.2, -0.15) is 12.7 Å². The van der Waals surface area contributed by atoms with Crippen LogP contribution >= 0.6 is 0 Å². The maximum atomic E-state index is 11.4. The summed E-state index contributed by atoms with van der Waals surface area (Å²) in [6, 6.07) is 9.85. The third kappa shape index (κ3) is 3.04. The first-order chi connectivity index (χ1) is 8.08. The quantitative estimate of drug-likeness (QED) is 0.840. The van der Waals surface area contributed by atoms with Crippen molar-refractivity contribution in [3.63, 3.8) is 0 Å².